The molecule has 9 nitrogen and oxygen atoms in total. The third-order valence-corrected chi connectivity index (χ3v) is 4.32. The molecule has 3 N–H and O–H groups in total. The molecule has 3 aromatic carbocycles. The lowest BCUT2D eigenvalue weighted by Crippen LogP contribution is -2.17. The zero-order valence-corrected chi connectivity index (χ0v) is 17.2. The summed E-state index contributed by atoms with van der Waals surface area (Å²) < 4.78 is 15.8. The first-order chi connectivity index (χ1) is 15.4. The number of rotatable bonds is 7. The highest BCUT2D eigenvalue weighted by molar-refractivity contribution is 5.97. The molecule has 0 unspecified atom stereocenters. The molecule has 0 aromatic heterocycles. The number of hydrazone groups is 1. The van der Waals surface area contributed by atoms with Crippen molar-refractivity contribution in [2.45, 2.75) is 0 Å². The summed E-state index contributed by atoms with van der Waals surface area (Å²) in [6, 6.07) is 14.8. The number of phenols is 2. The van der Waals surface area contributed by atoms with Crippen LogP contribution < -0.4 is 19.6 Å². The van der Waals surface area contributed by atoms with Gasteiger partial charge in [0.1, 0.15) is 17.2 Å². The second-order valence-electron chi connectivity index (χ2n) is 6.43. The van der Waals surface area contributed by atoms with Crippen LogP contribution in [0.1, 0.15) is 26.3 Å². The summed E-state index contributed by atoms with van der Waals surface area (Å²) in [6.07, 6.45) is 1.35. The fourth-order valence-electron chi connectivity index (χ4n) is 2.67. The summed E-state index contributed by atoms with van der Waals surface area (Å²) in [4.78, 5) is 24.5. The average molecular weight is 436 g/mol. The van der Waals surface area contributed by atoms with Crippen LogP contribution in [0.2, 0.25) is 0 Å². The topological polar surface area (TPSA) is 127 Å². The number of carbonyl (C=O) groups excluding carboxylic acids is 2. The highest BCUT2D eigenvalue weighted by Gasteiger charge is 2.14. The monoisotopic (exact) mass is 436 g/mol. The molecule has 1 amide bonds. The van der Waals surface area contributed by atoms with Gasteiger partial charge in [0.25, 0.3) is 5.91 Å². The molecule has 0 aliphatic rings. The smallest absolute Gasteiger partial charge is 0.343 e. The molecule has 3 rings (SSSR count). The Morgan fingerprint density at radius 3 is 2.31 bits per heavy atom. The number of nitrogens with one attached hydrogen (secondary N) is 1. The number of carbonyl (C=O) groups is 2. The van der Waals surface area contributed by atoms with Gasteiger partial charge in [0.15, 0.2) is 11.5 Å². The van der Waals surface area contributed by atoms with Crippen molar-refractivity contribution in [1.29, 1.82) is 0 Å². The second-order valence-corrected chi connectivity index (χ2v) is 6.43. The third kappa shape index (κ3) is 5.33. The quantitative estimate of drug-likeness (QED) is 0.225. The molecule has 0 bridgehead atoms. The summed E-state index contributed by atoms with van der Waals surface area (Å²) in [5.74, 6) is -0.633. The first-order valence-electron chi connectivity index (χ1n) is 9.31. The number of hydrogen-bond acceptors (Lipinski definition) is 8. The van der Waals surface area contributed by atoms with Crippen LogP contribution in [0.3, 0.4) is 0 Å². The van der Waals surface area contributed by atoms with Gasteiger partial charge in [0, 0.05) is 6.07 Å². The van der Waals surface area contributed by atoms with Crippen LogP contribution in [0.5, 0.6) is 28.7 Å². The van der Waals surface area contributed by atoms with Crippen molar-refractivity contribution in [3.05, 3.63) is 77.4 Å². The molecule has 0 spiro atoms. The van der Waals surface area contributed by atoms with Gasteiger partial charge in [-0.1, -0.05) is 0 Å². The van der Waals surface area contributed by atoms with Crippen LogP contribution in [-0.4, -0.2) is 42.5 Å². The van der Waals surface area contributed by atoms with E-state index in [9.17, 15) is 19.8 Å². The Bertz CT molecular complexity index is 1160. The third-order valence-electron chi connectivity index (χ3n) is 4.32. The zero-order chi connectivity index (χ0) is 23.1. The van der Waals surface area contributed by atoms with Gasteiger partial charge >= 0.3 is 5.97 Å². The standard InChI is InChI=1S/C23H20N2O7/c1-30-17-7-4-15(5-8-17)23(29)32-20-10-3-14(11-21(20)31-2)13-24-25-22(28)18-9-6-16(26)12-19(18)27/h3-13,26-27H,1-2H3,(H,25,28)/b24-13-. The number of nitrogens with zero attached hydrogens (tertiary/aromatic N) is 1. The normalized spacial score (nSPS) is 10.6. The van der Waals surface area contributed by atoms with Crippen LogP contribution in [-0.2, 0) is 0 Å². The van der Waals surface area contributed by atoms with E-state index in [0.717, 1.165) is 6.07 Å². The van der Waals surface area contributed by atoms with Crippen molar-refractivity contribution in [1.82, 2.24) is 5.43 Å². The van der Waals surface area contributed by atoms with Gasteiger partial charge in [0.05, 0.1) is 31.6 Å². The SMILES string of the molecule is COc1ccc(C(=O)Oc2ccc(/C=N\NC(=O)c3ccc(O)cc3O)cc2OC)cc1. The first kappa shape index (κ1) is 22.2. The van der Waals surface area contributed by atoms with Crippen molar-refractivity contribution in [3.63, 3.8) is 0 Å². The number of methoxy groups -OCH3 is 2. The van der Waals surface area contributed by atoms with Gasteiger partial charge in [-0.25, -0.2) is 10.2 Å². The molecule has 0 radical (unpaired) electrons. The fraction of sp³-hybridized carbons (Fsp3) is 0.0870. The fourth-order valence-corrected chi connectivity index (χ4v) is 2.67. The number of aromatic hydroxyl groups is 2. The van der Waals surface area contributed by atoms with E-state index in [1.165, 1.54) is 38.6 Å². The summed E-state index contributed by atoms with van der Waals surface area (Å²) in [6.45, 7) is 0. The molecule has 0 heterocycles. The average Bonchev–Trinajstić information content (AvgIpc) is 2.79. The largest absolute Gasteiger partial charge is 0.508 e. The molecular weight excluding hydrogens is 416 g/mol. The maximum atomic E-state index is 12.4. The maximum Gasteiger partial charge on any atom is 0.343 e. The van der Waals surface area contributed by atoms with E-state index in [4.69, 9.17) is 14.2 Å². The van der Waals surface area contributed by atoms with Crippen LogP contribution in [0, 0.1) is 0 Å². The van der Waals surface area contributed by atoms with Gasteiger partial charge in [-0.15, -0.1) is 0 Å². The van der Waals surface area contributed by atoms with Crippen molar-refractivity contribution in [2.75, 3.05) is 14.2 Å². The minimum absolute atomic E-state index is 0.0432. The minimum atomic E-state index is -0.657. The predicted molar refractivity (Wildman–Crippen MR) is 116 cm³/mol. The molecular formula is C23H20N2O7. The number of ether oxygens (including phenoxy) is 3. The van der Waals surface area contributed by atoms with Crippen molar-refractivity contribution in [3.8, 4) is 28.7 Å². The lowest BCUT2D eigenvalue weighted by Gasteiger charge is -2.10. The van der Waals surface area contributed by atoms with Crippen LogP contribution in [0.15, 0.2) is 65.8 Å². The van der Waals surface area contributed by atoms with E-state index >= 15 is 0 Å². The molecule has 0 saturated carbocycles. The van der Waals surface area contributed by atoms with Gasteiger partial charge in [-0.05, 0) is 60.2 Å². The minimum Gasteiger partial charge on any atom is -0.508 e. The van der Waals surface area contributed by atoms with Gasteiger partial charge in [-0.2, -0.15) is 5.10 Å². The lowest BCUT2D eigenvalue weighted by atomic mass is 10.2. The maximum absolute atomic E-state index is 12.4. The summed E-state index contributed by atoms with van der Waals surface area (Å²) >= 11 is 0. The number of benzene rings is 3. The number of amides is 1. The Morgan fingerprint density at radius 2 is 1.66 bits per heavy atom. The van der Waals surface area contributed by atoms with Crippen molar-refractivity contribution in [2.24, 2.45) is 5.10 Å². The predicted octanol–water partition coefficient (Wildman–Crippen LogP) is 3.10. The summed E-state index contributed by atoms with van der Waals surface area (Å²) in [5.41, 5.74) is 3.13. The van der Waals surface area contributed by atoms with Gasteiger partial charge in [-0.3, -0.25) is 4.79 Å². The molecule has 164 valence electrons. The lowest BCUT2D eigenvalue weighted by molar-refractivity contribution is 0.0729. The van der Waals surface area contributed by atoms with Crippen molar-refractivity contribution >= 4 is 18.1 Å². The highest BCUT2D eigenvalue weighted by Crippen LogP contribution is 2.28. The number of hydrogen-bond donors (Lipinski definition) is 3. The second kappa shape index (κ2) is 9.98. The molecule has 3 aromatic rings. The van der Waals surface area contributed by atoms with E-state index in [1.807, 2.05) is 0 Å². The number of phenolic OH excluding ortho intramolecular Hbond substituents is 2. The van der Waals surface area contributed by atoms with Crippen LogP contribution in [0.4, 0.5) is 0 Å². The van der Waals surface area contributed by atoms with Gasteiger partial charge in [0.2, 0.25) is 0 Å². The molecule has 0 fully saturated rings. The van der Waals surface area contributed by atoms with E-state index in [-0.39, 0.29) is 22.8 Å². The molecule has 32 heavy (non-hydrogen) atoms. The molecule has 0 aliphatic heterocycles. The van der Waals surface area contributed by atoms with Crippen molar-refractivity contribution < 1.29 is 34.0 Å². The number of esters is 1. The first-order valence-corrected chi connectivity index (χ1v) is 9.31. The Kier molecular flexibility index (Phi) is 6.92. The summed E-state index contributed by atoms with van der Waals surface area (Å²) in [7, 11) is 2.96. The molecule has 0 saturated heterocycles. The Morgan fingerprint density at radius 1 is 0.906 bits per heavy atom. The van der Waals surface area contributed by atoms with E-state index in [1.54, 1.807) is 36.4 Å². The van der Waals surface area contributed by atoms with Gasteiger partial charge < -0.3 is 24.4 Å². The Balaban J connectivity index is 1.67. The Hall–Kier alpha value is -4.53. The van der Waals surface area contributed by atoms with E-state index < -0.39 is 11.9 Å². The molecule has 9 heteroatoms. The summed E-state index contributed by atoms with van der Waals surface area (Å²) in [5, 5.41) is 22.8. The zero-order valence-electron chi connectivity index (χ0n) is 17.2. The van der Waals surface area contributed by atoms with E-state index in [2.05, 4.69) is 10.5 Å². The highest BCUT2D eigenvalue weighted by atomic mass is 16.6. The molecule has 0 aliphatic carbocycles. The van der Waals surface area contributed by atoms with E-state index in [0.29, 0.717) is 22.6 Å². The molecule has 0 atom stereocenters. The Labute approximate surface area is 183 Å². The van der Waals surface area contributed by atoms with Crippen LogP contribution in [0.25, 0.3) is 0 Å². The van der Waals surface area contributed by atoms with Crippen LogP contribution >= 0.6 is 0 Å².